The lowest BCUT2D eigenvalue weighted by atomic mass is 9.94. The van der Waals surface area contributed by atoms with Gasteiger partial charge >= 0.3 is 0 Å². The van der Waals surface area contributed by atoms with Gasteiger partial charge in [0.15, 0.2) is 0 Å². The van der Waals surface area contributed by atoms with E-state index in [1.807, 2.05) is 17.9 Å². The molecule has 2 saturated heterocycles. The molecule has 1 amide bonds. The van der Waals surface area contributed by atoms with Gasteiger partial charge < -0.3 is 9.80 Å². The highest BCUT2D eigenvalue weighted by Gasteiger charge is 2.26. The Bertz CT molecular complexity index is 597. The van der Waals surface area contributed by atoms with Crippen molar-refractivity contribution in [3.8, 4) is 0 Å². The van der Waals surface area contributed by atoms with Crippen LogP contribution in [0.3, 0.4) is 0 Å². The highest BCUT2D eigenvalue weighted by Crippen LogP contribution is 2.25. The maximum absolute atomic E-state index is 12.9. The van der Waals surface area contributed by atoms with Crippen molar-refractivity contribution in [2.24, 2.45) is 0 Å². The summed E-state index contributed by atoms with van der Waals surface area (Å²) in [7, 11) is 2.15. The van der Waals surface area contributed by atoms with Gasteiger partial charge in [-0.3, -0.25) is 9.69 Å². The number of likely N-dealkylation sites (N-methyl/N-ethyl adjacent to an activating group) is 1. The number of rotatable bonds is 4. The molecule has 2 aliphatic heterocycles. The molecule has 3 rings (SSSR count). The van der Waals surface area contributed by atoms with E-state index >= 15 is 0 Å². The Morgan fingerprint density at radius 3 is 2.64 bits per heavy atom. The van der Waals surface area contributed by atoms with Crippen molar-refractivity contribution in [3.63, 3.8) is 0 Å². The molecule has 6 nitrogen and oxygen atoms in total. The number of hydrogen-bond acceptors (Lipinski definition) is 5. The molecule has 0 aromatic carbocycles. The fourth-order valence-electron chi connectivity index (χ4n) is 3.97. The number of carbonyl (C=O) groups is 1. The summed E-state index contributed by atoms with van der Waals surface area (Å²) < 4.78 is 0. The van der Waals surface area contributed by atoms with Crippen LogP contribution in [0.25, 0.3) is 0 Å². The second kappa shape index (κ2) is 8.23. The van der Waals surface area contributed by atoms with E-state index in [0.717, 1.165) is 64.3 Å². The van der Waals surface area contributed by atoms with Gasteiger partial charge in [-0.25, -0.2) is 9.97 Å². The number of aryl methyl sites for hydroxylation is 1. The SMILES string of the molecule is CCCN1CCN(C(=O)c2cc([C@H]3CCCN(C)C3)nc(C)n2)CC1. The highest BCUT2D eigenvalue weighted by atomic mass is 16.2. The topological polar surface area (TPSA) is 52.6 Å². The lowest BCUT2D eigenvalue weighted by Crippen LogP contribution is -2.49. The van der Waals surface area contributed by atoms with Crippen LogP contribution in [0.4, 0.5) is 0 Å². The Balaban J connectivity index is 1.70. The Morgan fingerprint density at radius 2 is 1.96 bits per heavy atom. The van der Waals surface area contributed by atoms with Crippen molar-refractivity contribution < 1.29 is 4.79 Å². The van der Waals surface area contributed by atoms with Crippen LogP contribution in [0.5, 0.6) is 0 Å². The Kier molecular flexibility index (Phi) is 6.02. The zero-order valence-electron chi connectivity index (χ0n) is 15.9. The highest BCUT2D eigenvalue weighted by molar-refractivity contribution is 5.92. The zero-order chi connectivity index (χ0) is 17.8. The third kappa shape index (κ3) is 4.55. The maximum atomic E-state index is 12.9. The van der Waals surface area contributed by atoms with Crippen molar-refractivity contribution in [2.45, 2.75) is 39.0 Å². The van der Waals surface area contributed by atoms with Crippen LogP contribution in [0.2, 0.25) is 0 Å². The summed E-state index contributed by atoms with van der Waals surface area (Å²) in [6.45, 7) is 10.9. The summed E-state index contributed by atoms with van der Waals surface area (Å²) in [6, 6.07) is 1.94. The van der Waals surface area contributed by atoms with Gasteiger partial charge in [0.05, 0.1) is 0 Å². The predicted octanol–water partition coefficient (Wildman–Crippen LogP) is 1.76. The van der Waals surface area contributed by atoms with E-state index in [1.54, 1.807) is 0 Å². The minimum atomic E-state index is 0.0621. The van der Waals surface area contributed by atoms with Crippen molar-refractivity contribution in [1.29, 1.82) is 0 Å². The quantitative estimate of drug-likeness (QED) is 0.832. The maximum Gasteiger partial charge on any atom is 0.272 e. The van der Waals surface area contributed by atoms with E-state index in [4.69, 9.17) is 0 Å². The van der Waals surface area contributed by atoms with Crippen LogP contribution >= 0.6 is 0 Å². The fraction of sp³-hybridized carbons (Fsp3) is 0.737. The molecule has 0 aliphatic carbocycles. The van der Waals surface area contributed by atoms with Gasteiger partial charge in [-0.05, 0) is 52.4 Å². The summed E-state index contributed by atoms with van der Waals surface area (Å²) in [5.41, 5.74) is 1.60. The normalized spacial score (nSPS) is 23.0. The van der Waals surface area contributed by atoms with E-state index in [9.17, 15) is 4.79 Å². The van der Waals surface area contributed by atoms with E-state index in [1.165, 1.54) is 6.42 Å². The number of piperazine rings is 1. The molecule has 0 unspecified atom stereocenters. The predicted molar refractivity (Wildman–Crippen MR) is 98.9 cm³/mol. The second-order valence-electron chi connectivity index (χ2n) is 7.46. The van der Waals surface area contributed by atoms with Gasteiger partial charge in [-0.15, -0.1) is 0 Å². The summed E-state index contributed by atoms with van der Waals surface area (Å²) >= 11 is 0. The molecule has 2 aliphatic rings. The molecule has 25 heavy (non-hydrogen) atoms. The first-order valence-corrected chi connectivity index (χ1v) is 9.62. The summed E-state index contributed by atoms with van der Waals surface area (Å²) in [5.74, 6) is 1.18. The van der Waals surface area contributed by atoms with Gasteiger partial charge in [0, 0.05) is 44.3 Å². The zero-order valence-corrected chi connectivity index (χ0v) is 15.9. The number of carbonyl (C=O) groups excluding carboxylic acids is 1. The average Bonchev–Trinajstić information content (AvgIpc) is 2.61. The summed E-state index contributed by atoms with van der Waals surface area (Å²) in [4.78, 5) is 28.7. The van der Waals surface area contributed by atoms with Crippen molar-refractivity contribution in [2.75, 3.05) is 52.9 Å². The molecule has 0 radical (unpaired) electrons. The van der Waals surface area contributed by atoms with Gasteiger partial charge in [-0.1, -0.05) is 6.92 Å². The number of likely N-dealkylation sites (tertiary alicyclic amines) is 1. The largest absolute Gasteiger partial charge is 0.335 e. The van der Waals surface area contributed by atoms with Crippen LogP contribution in [0, 0.1) is 6.92 Å². The second-order valence-corrected chi connectivity index (χ2v) is 7.46. The lowest BCUT2D eigenvalue weighted by molar-refractivity contribution is 0.0631. The van der Waals surface area contributed by atoms with Crippen LogP contribution < -0.4 is 0 Å². The van der Waals surface area contributed by atoms with E-state index < -0.39 is 0 Å². The number of nitrogens with zero attached hydrogens (tertiary/aromatic N) is 5. The Hall–Kier alpha value is -1.53. The first-order valence-electron chi connectivity index (χ1n) is 9.62. The molecule has 1 aromatic rings. The standard InChI is InChI=1S/C19H31N5O/c1-4-7-23-9-11-24(12-10-23)19(25)18-13-17(20-15(2)21-18)16-6-5-8-22(3)14-16/h13,16H,4-12,14H2,1-3H3/t16-/m0/s1. The van der Waals surface area contributed by atoms with Crippen LogP contribution in [0.1, 0.15) is 54.1 Å². The minimum Gasteiger partial charge on any atom is -0.335 e. The van der Waals surface area contributed by atoms with Crippen molar-refractivity contribution in [1.82, 2.24) is 24.7 Å². The molecule has 0 spiro atoms. The Labute approximate surface area is 151 Å². The number of hydrogen-bond donors (Lipinski definition) is 0. The molecule has 1 aromatic heterocycles. The van der Waals surface area contributed by atoms with Crippen LogP contribution in [-0.2, 0) is 0 Å². The van der Waals surface area contributed by atoms with Crippen LogP contribution in [0.15, 0.2) is 6.07 Å². The van der Waals surface area contributed by atoms with Gasteiger partial charge in [0.1, 0.15) is 11.5 Å². The minimum absolute atomic E-state index is 0.0621. The van der Waals surface area contributed by atoms with Gasteiger partial charge in [0.25, 0.3) is 5.91 Å². The molecular weight excluding hydrogens is 314 g/mol. The number of piperidine rings is 1. The monoisotopic (exact) mass is 345 g/mol. The molecule has 3 heterocycles. The summed E-state index contributed by atoms with van der Waals surface area (Å²) in [5, 5.41) is 0. The van der Waals surface area contributed by atoms with E-state index in [-0.39, 0.29) is 5.91 Å². The van der Waals surface area contributed by atoms with E-state index in [2.05, 4.69) is 33.7 Å². The van der Waals surface area contributed by atoms with Crippen LogP contribution in [-0.4, -0.2) is 83.4 Å². The Morgan fingerprint density at radius 1 is 1.20 bits per heavy atom. The molecule has 6 heteroatoms. The molecule has 138 valence electrons. The smallest absolute Gasteiger partial charge is 0.272 e. The number of amides is 1. The third-order valence-corrected chi connectivity index (χ3v) is 5.32. The molecule has 0 saturated carbocycles. The summed E-state index contributed by atoms with van der Waals surface area (Å²) in [6.07, 6.45) is 3.50. The molecule has 1 atom stereocenters. The van der Waals surface area contributed by atoms with Crippen molar-refractivity contribution in [3.05, 3.63) is 23.3 Å². The van der Waals surface area contributed by atoms with Gasteiger partial charge in [-0.2, -0.15) is 0 Å². The molecule has 0 N–H and O–H groups in total. The van der Waals surface area contributed by atoms with Crippen molar-refractivity contribution >= 4 is 5.91 Å². The first kappa shape index (κ1) is 18.3. The van der Waals surface area contributed by atoms with Gasteiger partial charge in [0.2, 0.25) is 0 Å². The van der Waals surface area contributed by atoms with E-state index in [0.29, 0.717) is 17.4 Å². The average molecular weight is 345 g/mol. The molecule has 0 bridgehead atoms. The first-order chi connectivity index (χ1) is 12.1. The molecular formula is C19H31N5O. The third-order valence-electron chi connectivity index (χ3n) is 5.32. The fourth-order valence-corrected chi connectivity index (χ4v) is 3.97. The lowest BCUT2D eigenvalue weighted by Gasteiger charge is -2.34. The molecule has 2 fully saturated rings. The number of aromatic nitrogens is 2.